The van der Waals surface area contributed by atoms with E-state index in [1.807, 2.05) is 0 Å². The van der Waals surface area contributed by atoms with Gasteiger partial charge in [-0.1, -0.05) is 29.3 Å². The number of carbonyl (C=O) groups excluding carboxylic acids is 2. The van der Waals surface area contributed by atoms with Crippen LogP contribution in [0.25, 0.3) is 0 Å². The molecule has 0 aliphatic heterocycles. The van der Waals surface area contributed by atoms with Gasteiger partial charge in [-0.2, -0.15) is 0 Å². The molecule has 0 bridgehead atoms. The lowest BCUT2D eigenvalue weighted by Gasteiger charge is -2.18. The van der Waals surface area contributed by atoms with Gasteiger partial charge in [-0.25, -0.2) is 9.59 Å². The molecule has 0 aliphatic rings. The highest BCUT2D eigenvalue weighted by atomic mass is 35.5. The smallest absolute Gasteiger partial charge is 0.342 e. The molecule has 3 aromatic rings. The molecule has 3 rings (SSSR count). The molecule has 6 nitrogen and oxygen atoms in total. The summed E-state index contributed by atoms with van der Waals surface area (Å²) in [7, 11) is 2.45. The van der Waals surface area contributed by atoms with Crippen molar-refractivity contribution in [3.8, 4) is 11.5 Å². The number of esters is 2. The Labute approximate surface area is 196 Å². The van der Waals surface area contributed by atoms with Crippen LogP contribution in [-0.4, -0.2) is 36.4 Å². The first-order chi connectivity index (χ1) is 14.6. The van der Waals surface area contributed by atoms with Gasteiger partial charge >= 0.3 is 11.9 Å². The van der Waals surface area contributed by atoms with Crippen LogP contribution in [0.5, 0.6) is 11.5 Å². The molecule has 0 saturated carbocycles. The average Bonchev–Trinajstić information content (AvgIpc) is 3.17. The number of methoxy groups -OCH3 is 2. The average molecular weight is 501 g/mol. The van der Waals surface area contributed by atoms with Gasteiger partial charge in [-0.15, -0.1) is 22.7 Å². The minimum Gasteiger partial charge on any atom is -0.506 e. The molecule has 0 unspecified atom stereocenters. The predicted octanol–water partition coefficient (Wildman–Crippen LogP) is 5.90. The van der Waals surface area contributed by atoms with Gasteiger partial charge in [0, 0.05) is 19.8 Å². The van der Waals surface area contributed by atoms with Crippen LogP contribution >= 0.6 is 45.9 Å². The van der Waals surface area contributed by atoms with Gasteiger partial charge in [0.05, 0.1) is 29.9 Å². The van der Waals surface area contributed by atoms with E-state index in [4.69, 9.17) is 32.7 Å². The number of rotatable bonds is 5. The molecule has 0 saturated heterocycles. The lowest BCUT2D eigenvalue weighted by molar-refractivity contribution is 0.0588. The second kappa shape index (κ2) is 9.08. The van der Waals surface area contributed by atoms with Gasteiger partial charge in [0.25, 0.3) is 0 Å². The second-order valence-corrected chi connectivity index (χ2v) is 9.93. The fourth-order valence-corrected chi connectivity index (χ4v) is 6.26. The Bertz CT molecular complexity index is 1110. The summed E-state index contributed by atoms with van der Waals surface area (Å²) in [4.78, 5) is 26.2. The van der Waals surface area contributed by atoms with Gasteiger partial charge in [0.2, 0.25) is 0 Å². The van der Waals surface area contributed by atoms with Crippen molar-refractivity contribution in [2.45, 2.75) is 19.8 Å². The topological polar surface area (TPSA) is 93.1 Å². The molecular weight excluding hydrogens is 483 g/mol. The van der Waals surface area contributed by atoms with Crippen molar-refractivity contribution < 1.29 is 29.3 Å². The molecule has 0 radical (unpaired) electrons. The zero-order valence-corrected chi connectivity index (χ0v) is 20.1. The number of thiophene rings is 2. The normalized spacial score (nSPS) is 11.1. The highest BCUT2D eigenvalue weighted by Crippen LogP contribution is 2.52. The first-order valence-corrected chi connectivity index (χ1v) is 11.3. The van der Waals surface area contributed by atoms with E-state index >= 15 is 0 Å². The van der Waals surface area contributed by atoms with Crippen LogP contribution in [0.15, 0.2) is 18.2 Å². The number of benzene rings is 1. The van der Waals surface area contributed by atoms with Gasteiger partial charge in [0.1, 0.15) is 22.6 Å². The molecule has 2 N–H and O–H groups in total. The molecule has 2 heterocycles. The highest BCUT2D eigenvalue weighted by Gasteiger charge is 2.35. The molecule has 0 atom stereocenters. The van der Waals surface area contributed by atoms with Gasteiger partial charge in [0.15, 0.2) is 0 Å². The number of aromatic hydroxyl groups is 2. The quantitative estimate of drug-likeness (QED) is 0.423. The molecule has 0 aliphatic carbocycles. The first-order valence-electron chi connectivity index (χ1n) is 8.88. The van der Waals surface area contributed by atoms with Gasteiger partial charge in [-0.05, 0) is 31.5 Å². The number of aryl methyl sites for hydroxylation is 2. The number of hydrogen-bond acceptors (Lipinski definition) is 8. The summed E-state index contributed by atoms with van der Waals surface area (Å²) in [6, 6.07) is 4.85. The number of hydrogen-bond donors (Lipinski definition) is 2. The Morgan fingerprint density at radius 1 is 0.903 bits per heavy atom. The Balaban J connectivity index is 2.34. The maximum atomic E-state index is 12.2. The maximum Gasteiger partial charge on any atom is 0.342 e. The lowest BCUT2D eigenvalue weighted by Crippen LogP contribution is -2.05. The zero-order chi connectivity index (χ0) is 23.0. The van der Waals surface area contributed by atoms with Crippen molar-refractivity contribution in [2.24, 2.45) is 0 Å². The van der Waals surface area contributed by atoms with E-state index < -0.39 is 17.9 Å². The fourth-order valence-electron chi connectivity index (χ4n) is 3.32. The number of halogens is 2. The van der Waals surface area contributed by atoms with Crippen LogP contribution in [0.2, 0.25) is 10.0 Å². The first kappa shape index (κ1) is 23.4. The van der Waals surface area contributed by atoms with Gasteiger partial charge in [-0.3, -0.25) is 0 Å². The Morgan fingerprint density at radius 2 is 1.35 bits per heavy atom. The lowest BCUT2D eigenvalue weighted by atomic mass is 9.93. The number of carbonyl (C=O) groups is 2. The van der Waals surface area contributed by atoms with Crippen molar-refractivity contribution in [3.63, 3.8) is 0 Å². The molecule has 164 valence electrons. The molecule has 10 heteroatoms. The van der Waals surface area contributed by atoms with E-state index in [9.17, 15) is 19.8 Å². The number of ether oxygens (including phenoxy) is 2. The summed E-state index contributed by atoms with van der Waals surface area (Å²) in [6.45, 7) is 3.36. The molecule has 2 aromatic heterocycles. The van der Waals surface area contributed by atoms with Crippen LogP contribution in [0.3, 0.4) is 0 Å². The summed E-state index contributed by atoms with van der Waals surface area (Å²) in [5.41, 5.74) is 0.615. The van der Waals surface area contributed by atoms with Crippen molar-refractivity contribution in [1.82, 2.24) is 0 Å². The SMILES string of the molecule is COC(=O)c1c(C)sc(C(c2ccc(Cl)cc2Cl)c2sc(C)c(C(=O)OC)c2O)c1O. The summed E-state index contributed by atoms with van der Waals surface area (Å²) < 4.78 is 9.58. The Kier molecular flexibility index (Phi) is 6.85. The van der Waals surface area contributed by atoms with E-state index in [0.717, 1.165) is 0 Å². The molecule has 0 spiro atoms. The predicted molar refractivity (Wildman–Crippen MR) is 122 cm³/mol. The van der Waals surface area contributed by atoms with Crippen molar-refractivity contribution in [3.05, 3.63) is 64.4 Å². The third-order valence-electron chi connectivity index (χ3n) is 4.75. The van der Waals surface area contributed by atoms with Crippen LogP contribution in [-0.2, 0) is 9.47 Å². The standard InChI is InChI=1S/C21H18Cl2O6S2/c1-8-13(20(26)28-3)16(24)18(30-8)15(11-6-5-10(22)7-12(11)23)19-17(25)14(9(2)31-19)21(27)29-4/h5-7,15,24-25H,1-4H3. The zero-order valence-electron chi connectivity index (χ0n) is 16.9. The summed E-state index contributed by atoms with van der Waals surface area (Å²) >= 11 is 14.9. The summed E-state index contributed by atoms with van der Waals surface area (Å²) in [6.07, 6.45) is 0. The van der Waals surface area contributed by atoms with Crippen LogP contribution in [0.4, 0.5) is 0 Å². The third-order valence-corrected chi connectivity index (χ3v) is 7.63. The van der Waals surface area contributed by atoms with E-state index in [1.165, 1.54) is 36.9 Å². The minimum atomic E-state index is -0.769. The van der Waals surface area contributed by atoms with Crippen molar-refractivity contribution in [1.29, 1.82) is 0 Å². The highest BCUT2D eigenvalue weighted by molar-refractivity contribution is 7.14. The fraction of sp³-hybridized carbons (Fsp3) is 0.238. The monoisotopic (exact) mass is 500 g/mol. The van der Waals surface area contributed by atoms with E-state index in [-0.39, 0.29) is 22.6 Å². The van der Waals surface area contributed by atoms with Gasteiger partial charge < -0.3 is 19.7 Å². The second-order valence-electron chi connectivity index (χ2n) is 6.57. The summed E-state index contributed by atoms with van der Waals surface area (Å²) in [5.74, 6) is -2.67. The Morgan fingerprint density at radius 3 is 1.74 bits per heavy atom. The summed E-state index contributed by atoms with van der Waals surface area (Å²) in [5, 5.41) is 22.6. The third kappa shape index (κ3) is 4.13. The Hall–Kier alpha value is -2.26. The molecule has 0 amide bonds. The van der Waals surface area contributed by atoms with Crippen molar-refractivity contribution in [2.75, 3.05) is 14.2 Å². The van der Waals surface area contributed by atoms with E-state index in [1.54, 1.807) is 32.0 Å². The molecule has 0 fully saturated rings. The molecular formula is C21H18Cl2O6S2. The largest absolute Gasteiger partial charge is 0.506 e. The van der Waals surface area contributed by atoms with Crippen molar-refractivity contribution >= 4 is 57.8 Å². The maximum absolute atomic E-state index is 12.2. The molecule has 1 aromatic carbocycles. The van der Waals surface area contributed by atoms with E-state index in [2.05, 4.69) is 0 Å². The van der Waals surface area contributed by atoms with E-state index in [0.29, 0.717) is 35.1 Å². The van der Waals surface area contributed by atoms with Crippen LogP contribution in [0, 0.1) is 13.8 Å². The molecule has 31 heavy (non-hydrogen) atoms. The minimum absolute atomic E-state index is 0.0403. The van der Waals surface area contributed by atoms with Crippen LogP contribution < -0.4 is 0 Å². The van der Waals surface area contributed by atoms with Crippen LogP contribution in [0.1, 0.15) is 51.7 Å².